The molecule has 59 heavy (non-hydrogen) atoms. The molecule has 8 N–H and O–H groups in total. The lowest BCUT2D eigenvalue weighted by molar-refractivity contribution is -0.150. The average molecular weight is 794 g/mol. The van der Waals surface area contributed by atoms with Gasteiger partial charge in [-0.05, 0) is 133 Å². The Balaban J connectivity index is 0.920. The smallest absolute Gasteiger partial charge is 0.169 e. The predicted molar refractivity (Wildman–Crippen MR) is 229 cm³/mol. The molecule has 4 aromatic carbocycles. The average Bonchev–Trinajstić information content (AvgIpc) is 3.98. The molecule has 0 aliphatic heterocycles. The maximum atomic E-state index is 12.2. The summed E-state index contributed by atoms with van der Waals surface area (Å²) < 4.78 is 0. The molecule has 0 amide bonds. The number of allylic oxidation sites excluding steroid dienone is 1. The van der Waals surface area contributed by atoms with Gasteiger partial charge in [0.15, 0.2) is 23.0 Å². The van der Waals surface area contributed by atoms with E-state index in [0.717, 1.165) is 18.5 Å². The lowest BCUT2D eigenvalue weighted by atomic mass is 9.38. The van der Waals surface area contributed by atoms with E-state index in [2.05, 4.69) is 46.7 Å². The fraction of sp³-hybridized carbons (Fsp3) is 0.420. The third-order valence-electron chi connectivity index (χ3n) is 16.0. The number of aryl methyl sites for hydroxylation is 2. The highest BCUT2D eigenvalue weighted by molar-refractivity contribution is 6.03. The number of H-pyrrole nitrogens is 1. The van der Waals surface area contributed by atoms with E-state index >= 15 is 0 Å². The lowest BCUT2D eigenvalue weighted by Gasteiger charge is -2.66. The van der Waals surface area contributed by atoms with Crippen LogP contribution in [-0.2, 0) is 31.2 Å². The van der Waals surface area contributed by atoms with Crippen molar-refractivity contribution in [3.8, 4) is 28.7 Å². The third-order valence-corrected chi connectivity index (χ3v) is 16.0. The highest BCUT2D eigenvalue weighted by Gasteiger charge is 2.72. The molecule has 7 unspecified atom stereocenters. The molecule has 306 valence electrons. The molecule has 2 spiro atoms. The van der Waals surface area contributed by atoms with E-state index in [4.69, 9.17) is 4.98 Å². The standard InChI is InChI=1S/C50H55N3O6/c54-39-20-14-31(26-42(39)57)13-17-35-36-6-1-7-40(55)43(36)45(59)44(58)37(35)18-12-30-8-10-32(11-9-30)27-51-28-50-46-41(56)21-16-33-4-2-22-48(33,46)24-25-49(50)23-3-5-34(49)15-19-38-47(50)53-29-52-38/h1,6-11,13-14,16-17,20-21,26,29,33-34,41,46,51,54-59H,2-5,12,15,18-19,22-25,27-28H2,(H,52,53). The van der Waals surface area contributed by atoms with Crippen LogP contribution in [-0.4, -0.2) is 53.3 Å². The Morgan fingerprint density at radius 3 is 2.46 bits per heavy atom. The summed E-state index contributed by atoms with van der Waals surface area (Å²) in [6.45, 7) is 1.48. The van der Waals surface area contributed by atoms with E-state index in [1.165, 1.54) is 92.9 Å². The van der Waals surface area contributed by atoms with Crippen LogP contribution in [0.3, 0.4) is 0 Å². The number of imidazole rings is 1. The highest BCUT2D eigenvalue weighted by Crippen LogP contribution is 2.74. The van der Waals surface area contributed by atoms with E-state index in [9.17, 15) is 30.6 Å². The molecule has 10 rings (SSSR count). The van der Waals surface area contributed by atoms with Gasteiger partial charge in [-0.3, -0.25) is 0 Å². The van der Waals surface area contributed by atoms with Crippen LogP contribution in [0.15, 0.2) is 79.1 Å². The van der Waals surface area contributed by atoms with Crippen LogP contribution in [0.5, 0.6) is 28.7 Å². The third kappa shape index (κ3) is 5.82. The number of aromatic amines is 1. The van der Waals surface area contributed by atoms with Gasteiger partial charge in [0.1, 0.15) is 5.75 Å². The normalized spacial score (nSPS) is 29.5. The van der Waals surface area contributed by atoms with Crippen molar-refractivity contribution in [3.05, 3.63) is 118 Å². The molecule has 0 saturated heterocycles. The van der Waals surface area contributed by atoms with Gasteiger partial charge in [0, 0.05) is 35.7 Å². The number of phenolic OH excluding ortho intramolecular Hbond substituents is 5. The number of nitrogens with zero attached hydrogens (tertiary/aromatic N) is 1. The molecule has 5 aliphatic rings. The number of aliphatic hydroxyl groups is 1. The number of hydrogen-bond acceptors (Lipinski definition) is 8. The summed E-state index contributed by atoms with van der Waals surface area (Å²) in [6, 6.07) is 18.1. The van der Waals surface area contributed by atoms with Crippen LogP contribution in [0.2, 0.25) is 0 Å². The van der Waals surface area contributed by atoms with Crippen LogP contribution in [0, 0.1) is 28.6 Å². The largest absolute Gasteiger partial charge is 0.507 e. The summed E-state index contributed by atoms with van der Waals surface area (Å²) in [4.78, 5) is 8.81. The van der Waals surface area contributed by atoms with Crippen molar-refractivity contribution in [1.29, 1.82) is 0 Å². The monoisotopic (exact) mass is 793 g/mol. The number of benzene rings is 4. The predicted octanol–water partition coefficient (Wildman–Crippen LogP) is 8.93. The molecule has 7 atom stereocenters. The summed E-state index contributed by atoms with van der Waals surface area (Å²) in [5, 5.41) is 69.9. The molecule has 1 aromatic heterocycles. The fourth-order valence-corrected chi connectivity index (χ4v) is 13.5. The maximum Gasteiger partial charge on any atom is 0.169 e. The van der Waals surface area contributed by atoms with E-state index in [1.807, 2.05) is 6.33 Å². The minimum atomic E-state index is -0.488. The van der Waals surface area contributed by atoms with Crippen LogP contribution in [0.1, 0.15) is 97.0 Å². The number of nitrogens with one attached hydrogen (secondary N) is 2. The fourth-order valence-electron chi connectivity index (χ4n) is 13.5. The minimum Gasteiger partial charge on any atom is -0.507 e. The van der Waals surface area contributed by atoms with Crippen LogP contribution in [0.4, 0.5) is 0 Å². The molecule has 5 aromatic rings. The lowest BCUT2D eigenvalue weighted by Crippen LogP contribution is -2.68. The second-order valence-corrected chi connectivity index (χ2v) is 18.4. The van der Waals surface area contributed by atoms with E-state index in [-0.39, 0.29) is 56.3 Å². The SMILES string of the molecule is Oc1ccc(C=Cc2c(CCc3ccc(CNCC45c6nc[nH]c6CCC6CCCC64CCC46CCCC4C=CC(O)C65)cc3)c(O)c(O)c3c(O)cccc23)cc1O. The first-order chi connectivity index (χ1) is 28.6. The Hall–Kier alpha value is -5.25. The molecular weight excluding hydrogens is 739 g/mol. The van der Waals surface area contributed by atoms with Crippen LogP contribution in [0.25, 0.3) is 22.9 Å². The summed E-state index contributed by atoms with van der Waals surface area (Å²) in [5.74, 6) is 0.0475. The van der Waals surface area contributed by atoms with Crippen molar-refractivity contribution < 1.29 is 30.6 Å². The van der Waals surface area contributed by atoms with Gasteiger partial charge in [0.05, 0.1) is 23.5 Å². The summed E-state index contributed by atoms with van der Waals surface area (Å²) in [7, 11) is 0. The highest BCUT2D eigenvalue weighted by atomic mass is 16.3. The van der Waals surface area contributed by atoms with Crippen LogP contribution < -0.4 is 5.32 Å². The van der Waals surface area contributed by atoms with E-state index in [1.54, 1.807) is 30.4 Å². The number of fused-ring (bicyclic) bond motifs is 4. The number of rotatable bonds is 9. The van der Waals surface area contributed by atoms with Gasteiger partial charge < -0.3 is 40.9 Å². The van der Waals surface area contributed by atoms with Crippen molar-refractivity contribution in [2.75, 3.05) is 6.54 Å². The second kappa shape index (κ2) is 14.5. The molecule has 0 bridgehead atoms. The number of aromatic nitrogens is 2. The molecule has 0 radical (unpaired) electrons. The van der Waals surface area contributed by atoms with Crippen molar-refractivity contribution in [2.45, 2.75) is 95.1 Å². The topological polar surface area (TPSA) is 162 Å². The number of aliphatic hydroxyl groups excluding tert-OH is 1. The Morgan fingerprint density at radius 1 is 0.780 bits per heavy atom. The van der Waals surface area contributed by atoms with Crippen LogP contribution >= 0.6 is 0 Å². The Bertz CT molecular complexity index is 2470. The van der Waals surface area contributed by atoms with E-state index in [0.29, 0.717) is 53.3 Å². The molecule has 9 heteroatoms. The van der Waals surface area contributed by atoms with Gasteiger partial charge in [-0.2, -0.15) is 0 Å². The molecule has 5 aliphatic carbocycles. The van der Waals surface area contributed by atoms with Gasteiger partial charge in [-0.25, -0.2) is 4.98 Å². The van der Waals surface area contributed by atoms with Gasteiger partial charge in [0.25, 0.3) is 0 Å². The van der Waals surface area contributed by atoms with Crippen molar-refractivity contribution >= 4 is 22.9 Å². The molecular formula is C50H55N3O6. The first-order valence-corrected chi connectivity index (χ1v) is 21.7. The number of phenols is 5. The number of hydrogen-bond donors (Lipinski definition) is 8. The van der Waals surface area contributed by atoms with Gasteiger partial charge in [0.2, 0.25) is 0 Å². The summed E-state index contributed by atoms with van der Waals surface area (Å²) in [6.07, 6.45) is 22.5. The Labute approximate surface area is 345 Å². The van der Waals surface area contributed by atoms with Crippen molar-refractivity contribution in [1.82, 2.24) is 15.3 Å². The molecule has 1 heterocycles. The van der Waals surface area contributed by atoms with Gasteiger partial charge in [-0.15, -0.1) is 0 Å². The Morgan fingerprint density at radius 2 is 1.61 bits per heavy atom. The quantitative estimate of drug-likeness (QED) is 0.0417. The van der Waals surface area contributed by atoms with Crippen molar-refractivity contribution in [2.24, 2.45) is 28.6 Å². The van der Waals surface area contributed by atoms with E-state index < -0.39 is 6.10 Å². The summed E-state index contributed by atoms with van der Waals surface area (Å²) in [5.41, 5.74) is 6.52. The maximum absolute atomic E-state index is 12.2. The molecule has 3 fully saturated rings. The zero-order chi connectivity index (χ0) is 40.5. The number of aromatic hydroxyl groups is 5. The molecule has 3 saturated carbocycles. The van der Waals surface area contributed by atoms with Gasteiger partial charge >= 0.3 is 0 Å². The zero-order valence-corrected chi connectivity index (χ0v) is 33.5. The van der Waals surface area contributed by atoms with Crippen molar-refractivity contribution in [3.63, 3.8) is 0 Å². The first kappa shape index (κ1) is 38.0. The zero-order valence-electron chi connectivity index (χ0n) is 33.5. The second-order valence-electron chi connectivity index (χ2n) is 18.4. The first-order valence-electron chi connectivity index (χ1n) is 21.7. The Kier molecular flexibility index (Phi) is 9.33. The van der Waals surface area contributed by atoms with Gasteiger partial charge in [-0.1, -0.05) is 79.6 Å². The summed E-state index contributed by atoms with van der Waals surface area (Å²) >= 11 is 0. The minimum absolute atomic E-state index is 0.108. The molecule has 9 nitrogen and oxygen atoms in total.